The van der Waals surface area contributed by atoms with Crippen molar-refractivity contribution >= 4 is 11.1 Å². The summed E-state index contributed by atoms with van der Waals surface area (Å²) in [5.41, 5.74) is 3.04. The minimum absolute atomic E-state index is 0.258. The van der Waals surface area contributed by atoms with E-state index < -0.39 is 0 Å². The van der Waals surface area contributed by atoms with Crippen LogP contribution in [0.1, 0.15) is 17.9 Å². The number of aliphatic hydroxyl groups excluding tert-OH is 1. The summed E-state index contributed by atoms with van der Waals surface area (Å²) in [5, 5.41) is 8.78. The van der Waals surface area contributed by atoms with Gasteiger partial charge in [0.2, 0.25) is 0 Å². The average Bonchev–Trinajstić information content (AvgIpc) is 2.73. The van der Waals surface area contributed by atoms with Crippen molar-refractivity contribution in [3.8, 4) is 0 Å². The van der Waals surface area contributed by atoms with Gasteiger partial charge in [0, 0.05) is 26.6 Å². The molecule has 0 amide bonds. The minimum Gasteiger partial charge on any atom is -0.441 e. The van der Waals surface area contributed by atoms with Gasteiger partial charge in [-0.05, 0) is 37.6 Å². The Kier molecular flexibility index (Phi) is 4.33. The molecule has 1 heterocycles. The zero-order valence-corrected chi connectivity index (χ0v) is 11.0. The highest BCUT2D eigenvalue weighted by Crippen LogP contribution is 2.17. The molecule has 0 fully saturated rings. The lowest BCUT2D eigenvalue weighted by Crippen LogP contribution is -2.23. The van der Waals surface area contributed by atoms with Crippen LogP contribution in [0.2, 0.25) is 0 Å². The van der Waals surface area contributed by atoms with E-state index in [1.54, 1.807) is 0 Å². The van der Waals surface area contributed by atoms with E-state index in [0.717, 1.165) is 37.0 Å². The van der Waals surface area contributed by atoms with E-state index in [-0.39, 0.29) is 6.61 Å². The number of nitrogens with zero attached hydrogens (tertiary/aromatic N) is 2. The number of aromatic nitrogens is 1. The zero-order valence-electron chi connectivity index (χ0n) is 11.0. The normalized spacial score (nSPS) is 11.6. The summed E-state index contributed by atoms with van der Waals surface area (Å²) in [6, 6.07) is 6.17. The molecule has 0 saturated heterocycles. The molecule has 98 valence electrons. The summed E-state index contributed by atoms with van der Waals surface area (Å²) in [7, 11) is 2.08. The number of oxazole rings is 1. The molecule has 0 aliphatic heterocycles. The quantitative estimate of drug-likeness (QED) is 0.849. The second-order valence-corrected chi connectivity index (χ2v) is 4.67. The van der Waals surface area contributed by atoms with E-state index in [9.17, 15) is 0 Å². The van der Waals surface area contributed by atoms with Crippen LogP contribution in [0, 0.1) is 6.92 Å². The van der Waals surface area contributed by atoms with Gasteiger partial charge in [-0.25, -0.2) is 4.98 Å². The smallest absolute Gasteiger partial charge is 0.192 e. The molecule has 0 saturated carbocycles. The van der Waals surface area contributed by atoms with Crippen molar-refractivity contribution in [1.29, 1.82) is 0 Å². The second-order valence-electron chi connectivity index (χ2n) is 4.67. The van der Waals surface area contributed by atoms with E-state index in [1.165, 1.54) is 5.56 Å². The van der Waals surface area contributed by atoms with Gasteiger partial charge in [0.15, 0.2) is 11.5 Å². The number of likely N-dealkylation sites (N-methyl/N-ethyl adjacent to an activating group) is 1. The second kappa shape index (κ2) is 5.98. The maximum atomic E-state index is 8.78. The highest BCUT2D eigenvalue weighted by molar-refractivity contribution is 5.73. The minimum atomic E-state index is 0.258. The molecule has 0 aliphatic rings. The van der Waals surface area contributed by atoms with E-state index in [0.29, 0.717) is 5.89 Å². The third-order valence-corrected chi connectivity index (χ3v) is 3.04. The number of hydrogen-bond acceptors (Lipinski definition) is 4. The predicted molar refractivity (Wildman–Crippen MR) is 71.6 cm³/mol. The Balaban J connectivity index is 1.95. The Morgan fingerprint density at radius 1 is 1.33 bits per heavy atom. The summed E-state index contributed by atoms with van der Waals surface area (Å²) < 4.78 is 5.52. The first-order valence-corrected chi connectivity index (χ1v) is 6.34. The predicted octanol–water partition coefficient (Wildman–Crippen LogP) is 1.99. The Morgan fingerprint density at radius 3 is 2.94 bits per heavy atom. The fourth-order valence-electron chi connectivity index (χ4n) is 2.01. The van der Waals surface area contributed by atoms with Gasteiger partial charge in [-0.1, -0.05) is 6.07 Å². The molecule has 2 aromatic rings. The van der Waals surface area contributed by atoms with Crippen molar-refractivity contribution in [3.63, 3.8) is 0 Å². The molecule has 4 nitrogen and oxygen atoms in total. The molecule has 0 bridgehead atoms. The van der Waals surface area contributed by atoms with Crippen molar-refractivity contribution in [3.05, 3.63) is 29.7 Å². The molecule has 0 aliphatic carbocycles. The lowest BCUT2D eigenvalue weighted by Gasteiger charge is -2.15. The van der Waals surface area contributed by atoms with Crippen LogP contribution < -0.4 is 0 Å². The van der Waals surface area contributed by atoms with E-state index in [2.05, 4.69) is 29.1 Å². The Morgan fingerprint density at radius 2 is 2.17 bits per heavy atom. The van der Waals surface area contributed by atoms with Crippen LogP contribution in [0.25, 0.3) is 11.1 Å². The zero-order chi connectivity index (χ0) is 13.0. The van der Waals surface area contributed by atoms with Gasteiger partial charge in [-0.2, -0.15) is 0 Å². The van der Waals surface area contributed by atoms with Crippen LogP contribution in [0.5, 0.6) is 0 Å². The van der Waals surface area contributed by atoms with Crippen LogP contribution in [0.3, 0.4) is 0 Å². The van der Waals surface area contributed by atoms with Gasteiger partial charge in [-0.3, -0.25) is 0 Å². The maximum absolute atomic E-state index is 8.78. The van der Waals surface area contributed by atoms with Crippen LogP contribution in [-0.4, -0.2) is 41.7 Å². The molecule has 1 aromatic heterocycles. The highest BCUT2D eigenvalue weighted by Gasteiger charge is 2.04. The van der Waals surface area contributed by atoms with E-state index in [1.807, 2.05) is 13.0 Å². The Bertz CT molecular complexity index is 507. The Hall–Kier alpha value is -1.39. The standard InChI is InChI=1S/C14H20N2O2/c1-11-15-13-5-4-12(10-14(13)18-11)6-8-16(2)7-3-9-17/h4-5,10,17H,3,6-9H2,1-2H3. The summed E-state index contributed by atoms with van der Waals surface area (Å²) in [6.45, 7) is 4.04. The molecule has 0 radical (unpaired) electrons. The first-order valence-electron chi connectivity index (χ1n) is 6.34. The summed E-state index contributed by atoms with van der Waals surface area (Å²) >= 11 is 0. The van der Waals surface area contributed by atoms with Gasteiger partial charge in [0.1, 0.15) is 5.52 Å². The number of rotatable bonds is 6. The van der Waals surface area contributed by atoms with E-state index in [4.69, 9.17) is 9.52 Å². The molecular weight excluding hydrogens is 228 g/mol. The summed E-state index contributed by atoms with van der Waals surface area (Å²) in [5.74, 6) is 0.710. The number of aryl methyl sites for hydroxylation is 1. The largest absolute Gasteiger partial charge is 0.441 e. The number of benzene rings is 1. The molecule has 1 N–H and O–H groups in total. The third kappa shape index (κ3) is 3.31. The molecule has 1 aromatic carbocycles. The Labute approximate surface area is 107 Å². The van der Waals surface area contributed by atoms with Crippen LogP contribution in [0.15, 0.2) is 22.6 Å². The van der Waals surface area contributed by atoms with Crippen LogP contribution in [-0.2, 0) is 6.42 Å². The maximum Gasteiger partial charge on any atom is 0.192 e. The molecule has 18 heavy (non-hydrogen) atoms. The van der Waals surface area contributed by atoms with Crippen molar-refractivity contribution in [2.24, 2.45) is 0 Å². The molecule has 0 atom stereocenters. The highest BCUT2D eigenvalue weighted by atomic mass is 16.3. The fourth-order valence-corrected chi connectivity index (χ4v) is 2.01. The molecule has 2 rings (SSSR count). The first kappa shape index (κ1) is 13.1. The topological polar surface area (TPSA) is 49.5 Å². The van der Waals surface area contributed by atoms with Crippen LogP contribution in [0.4, 0.5) is 0 Å². The summed E-state index contributed by atoms with van der Waals surface area (Å²) in [4.78, 5) is 6.51. The number of aliphatic hydroxyl groups is 1. The van der Waals surface area contributed by atoms with Gasteiger partial charge >= 0.3 is 0 Å². The molecule has 4 heteroatoms. The lowest BCUT2D eigenvalue weighted by molar-refractivity contribution is 0.248. The fraction of sp³-hybridized carbons (Fsp3) is 0.500. The third-order valence-electron chi connectivity index (χ3n) is 3.04. The SMILES string of the molecule is Cc1nc2ccc(CCN(C)CCCO)cc2o1. The molecular formula is C14H20N2O2. The van der Waals surface area contributed by atoms with Gasteiger partial charge in [0.25, 0.3) is 0 Å². The van der Waals surface area contributed by atoms with Gasteiger partial charge < -0.3 is 14.4 Å². The van der Waals surface area contributed by atoms with Crippen molar-refractivity contribution < 1.29 is 9.52 Å². The monoisotopic (exact) mass is 248 g/mol. The summed E-state index contributed by atoms with van der Waals surface area (Å²) in [6.07, 6.45) is 1.81. The molecule has 0 unspecified atom stereocenters. The van der Waals surface area contributed by atoms with E-state index >= 15 is 0 Å². The van der Waals surface area contributed by atoms with Gasteiger partial charge in [0.05, 0.1) is 0 Å². The van der Waals surface area contributed by atoms with Crippen molar-refractivity contribution in [2.75, 3.05) is 26.7 Å². The number of fused-ring (bicyclic) bond motifs is 1. The molecule has 0 spiro atoms. The average molecular weight is 248 g/mol. The lowest BCUT2D eigenvalue weighted by atomic mass is 10.1. The first-order chi connectivity index (χ1) is 8.69. The number of hydrogen-bond donors (Lipinski definition) is 1. The van der Waals surface area contributed by atoms with Crippen molar-refractivity contribution in [1.82, 2.24) is 9.88 Å². The van der Waals surface area contributed by atoms with Crippen LogP contribution >= 0.6 is 0 Å². The van der Waals surface area contributed by atoms with Gasteiger partial charge in [-0.15, -0.1) is 0 Å². The van der Waals surface area contributed by atoms with Crippen molar-refractivity contribution in [2.45, 2.75) is 19.8 Å².